The maximum atomic E-state index is 13.1. The van der Waals surface area contributed by atoms with E-state index in [0.717, 1.165) is 18.4 Å². The molecule has 1 aromatic carbocycles. The fourth-order valence-electron chi connectivity index (χ4n) is 3.68. The lowest BCUT2D eigenvalue weighted by molar-refractivity contribution is -0.127. The van der Waals surface area contributed by atoms with E-state index in [1.165, 1.54) is 22.6 Å². The zero-order valence-corrected chi connectivity index (χ0v) is 17.5. The number of nitrogens with zero attached hydrogens (tertiary/aromatic N) is 4. The summed E-state index contributed by atoms with van der Waals surface area (Å²) in [4.78, 5) is 22.4. The minimum Gasteiger partial charge on any atom is -0.365 e. The number of rotatable bonds is 5. The topological polar surface area (TPSA) is 97.2 Å². The number of anilines is 1. The van der Waals surface area contributed by atoms with Crippen LogP contribution in [0.5, 0.6) is 0 Å². The van der Waals surface area contributed by atoms with E-state index < -0.39 is 10.0 Å². The van der Waals surface area contributed by atoms with E-state index >= 15 is 0 Å². The van der Waals surface area contributed by atoms with Crippen molar-refractivity contribution in [3.05, 3.63) is 61.1 Å². The number of aryl methyl sites for hydroxylation is 1. The summed E-state index contributed by atoms with van der Waals surface area (Å²) >= 11 is 0. The zero-order chi connectivity index (χ0) is 21.3. The zero-order valence-electron chi connectivity index (χ0n) is 16.7. The van der Waals surface area contributed by atoms with Gasteiger partial charge < -0.3 is 10.2 Å². The predicted molar refractivity (Wildman–Crippen MR) is 115 cm³/mol. The molecule has 9 heteroatoms. The maximum absolute atomic E-state index is 13.1. The minimum atomic E-state index is -3.78. The quantitative estimate of drug-likeness (QED) is 0.631. The monoisotopic (exact) mass is 425 g/mol. The first kappa shape index (κ1) is 20.1. The van der Waals surface area contributed by atoms with Crippen molar-refractivity contribution in [2.45, 2.75) is 30.7 Å². The second-order valence-corrected chi connectivity index (χ2v) is 9.18. The van der Waals surface area contributed by atoms with Crippen LogP contribution in [-0.4, -0.2) is 52.3 Å². The number of aromatic nitrogens is 3. The smallest absolute Gasteiger partial charge is 0.269 e. The third-order valence-corrected chi connectivity index (χ3v) is 6.95. The predicted octanol–water partition coefficient (Wildman–Crippen LogP) is 2.57. The van der Waals surface area contributed by atoms with E-state index in [2.05, 4.69) is 21.9 Å². The van der Waals surface area contributed by atoms with E-state index in [4.69, 9.17) is 0 Å². The van der Waals surface area contributed by atoms with E-state index in [9.17, 15) is 13.2 Å². The van der Waals surface area contributed by atoms with Crippen LogP contribution >= 0.6 is 0 Å². The van der Waals surface area contributed by atoms with Crippen molar-refractivity contribution in [2.24, 2.45) is 0 Å². The molecule has 1 fully saturated rings. The van der Waals surface area contributed by atoms with E-state index in [1.807, 2.05) is 6.92 Å². The third kappa shape index (κ3) is 3.68. The first-order valence-corrected chi connectivity index (χ1v) is 11.2. The van der Waals surface area contributed by atoms with Crippen molar-refractivity contribution >= 4 is 32.8 Å². The Hall–Kier alpha value is -3.20. The van der Waals surface area contributed by atoms with E-state index in [-0.39, 0.29) is 16.8 Å². The lowest BCUT2D eigenvalue weighted by Crippen LogP contribution is -2.44. The Morgan fingerprint density at radius 3 is 2.73 bits per heavy atom. The third-order valence-electron chi connectivity index (χ3n) is 5.27. The molecule has 0 unspecified atom stereocenters. The summed E-state index contributed by atoms with van der Waals surface area (Å²) in [5.41, 5.74) is 1.29. The Balaban J connectivity index is 1.65. The Kier molecular flexibility index (Phi) is 5.29. The number of hydrogen-bond donors (Lipinski definition) is 1. The minimum absolute atomic E-state index is 0.0119. The molecule has 3 heterocycles. The van der Waals surface area contributed by atoms with E-state index in [1.54, 1.807) is 35.2 Å². The molecule has 1 amide bonds. The van der Waals surface area contributed by atoms with Crippen LogP contribution < -0.4 is 5.32 Å². The molecule has 1 aliphatic heterocycles. The Morgan fingerprint density at radius 1 is 1.23 bits per heavy atom. The van der Waals surface area contributed by atoms with Crippen LogP contribution in [0.4, 0.5) is 5.82 Å². The molecular formula is C21H23N5O3S. The number of hydrogen-bond acceptors (Lipinski definition) is 6. The average Bonchev–Trinajstić information content (AvgIpc) is 3.20. The van der Waals surface area contributed by atoms with Crippen LogP contribution in [0.25, 0.3) is 11.0 Å². The summed E-state index contributed by atoms with van der Waals surface area (Å²) in [6.07, 6.45) is 5.92. The van der Waals surface area contributed by atoms with Crippen molar-refractivity contribution in [3.63, 3.8) is 0 Å². The molecule has 2 aromatic heterocycles. The number of amides is 1. The van der Waals surface area contributed by atoms with Gasteiger partial charge in [-0.2, -0.15) is 0 Å². The van der Waals surface area contributed by atoms with Gasteiger partial charge in [0, 0.05) is 25.3 Å². The number of nitrogens with one attached hydrogen (secondary N) is 1. The number of fused-ring (bicyclic) bond motifs is 1. The Labute approximate surface area is 175 Å². The molecule has 8 nitrogen and oxygen atoms in total. The lowest BCUT2D eigenvalue weighted by Gasteiger charge is -2.32. The van der Waals surface area contributed by atoms with Crippen molar-refractivity contribution in [1.82, 2.24) is 18.8 Å². The number of likely N-dealkylation sites (tertiary alicyclic amines) is 1. The van der Waals surface area contributed by atoms with Crippen LogP contribution in [0.1, 0.15) is 18.4 Å². The van der Waals surface area contributed by atoms with Crippen molar-refractivity contribution in [3.8, 4) is 0 Å². The molecular weight excluding hydrogens is 402 g/mol. The molecule has 30 heavy (non-hydrogen) atoms. The van der Waals surface area contributed by atoms with Gasteiger partial charge in [-0.15, -0.1) is 0 Å². The van der Waals surface area contributed by atoms with Gasteiger partial charge in [0.05, 0.1) is 10.3 Å². The van der Waals surface area contributed by atoms with Crippen LogP contribution in [0.3, 0.4) is 0 Å². The molecule has 0 spiro atoms. The maximum Gasteiger partial charge on any atom is 0.269 e. The largest absolute Gasteiger partial charge is 0.365 e. The summed E-state index contributed by atoms with van der Waals surface area (Å²) in [5.74, 6) is 0.459. The molecule has 1 aliphatic rings. The van der Waals surface area contributed by atoms with Gasteiger partial charge in [-0.25, -0.2) is 22.4 Å². The Morgan fingerprint density at radius 2 is 2.00 bits per heavy atom. The standard InChI is InChI=1S/C21H23N5O3S/c1-3-19(27)25-11-4-5-16(13-25)24-20-18-10-12-26(21(18)23-14-22-20)30(28,29)17-8-6-15(2)7-9-17/h3,6-10,12,14,16H,1,4-5,11,13H2,2H3,(H,22,23,24)/t16-/m1/s1. The van der Waals surface area contributed by atoms with Gasteiger partial charge in [-0.1, -0.05) is 24.3 Å². The summed E-state index contributed by atoms with van der Waals surface area (Å²) in [6.45, 7) is 6.70. The lowest BCUT2D eigenvalue weighted by atomic mass is 10.1. The van der Waals surface area contributed by atoms with Gasteiger partial charge in [-0.3, -0.25) is 4.79 Å². The number of carbonyl (C=O) groups is 1. The highest BCUT2D eigenvalue weighted by molar-refractivity contribution is 7.90. The SMILES string of the molecule is C=CC(=O)N1CCC[C@@H](Nc2ncnc3c2ccn3S(=O)(=O)c2ccc(C)cc2)C1. The van der Waals surface area contributed by atoms with Gasteiger partial charge in [0.1, 0.15) is 12.1 Å². The van der Waals surface area contributed by atoms with Gasteiger partial charge in [0.2, 0.25) is 5.91 Å². The molecule has 1 N–H and O–H groups in total. The molecule has 0 saturated carbocycles. The fourth-order valence-corrected chi connectivity index (χ4v) is 4.98. The second-order valence-electron chi connectivity index (χ2n) is 7.36. The van der Waals surface area contributed by atoms with E-state index in [0.29, 0.717) is 29.9 Å². The second kappa shape index (κ2) is 7.91. The normalized spacial score (nSPS) is 17.1. The average molecular weight is 426 g/mol. The van der Waals surface area contributed by atoms with Gasteiger partial charge in [0.15, 0.2) is 5.65 Å². The van der Waals surface area contributed by atoms with Crippen LogP contribution in [0, 0.1) is 6.92 Å². The van der Waals surface area contributed by atoms with Gasteiger partial charge in [0.25, 0.3) is 10.0 Å². The molecule has 3 aromatic rings. The molecule has 0 radical (unpaired) electrons. The highest BCUT2D eigenvalue weighted by Crippen LogP contribution is 2.26. The van der Waals surface area contributed by atoms with Gasteiger partial charge >= 0.3 is 0 Å². The van der Waals surface area contributed by atoms with Crippen LogP contribution in [0.2, 0.25) is 0 Å². The first-order chi connectivity index (χ1) is 14.4. The summed E-state index contributed by atoms with van der Waals surface area (Å²) in [5, 5.41) is 3.97. The summed E-state index contributed by atoms with van der Waals surface area (Å²) < 4.78 is 27.4. The van der Waals surface area contributed by atoms with Crippen molar-refractivity contribution in [2.75, 3.05) is 18.4 Å². The summed E-state index contributed by atoms with van der Waals surface area (Å²) in [6, 6.07) is 8.41. The van der Waals surface area contributed by atoms with Crippen molar-refractivity contribution < 1.29 is 13.2 Å². The first-order valence-electron chi connectivity index (χ1n) is 9.72. The van der Waals surface area contributed by atoms with Crippen molar-refractivity contribution in [1.29, 1.82) is 0 Å². The summed E-state index contributed by atoms with van der Waals surface area (Å²) in [7, 11) is -3.78. The Bertz CT molecular complexity index is 1200. The highest BCUT2D eigenvalue weighted by atomic mass is 32.2. The number of carbonyl (C=O) groups excluding carboxylic acids is 1. The molecule has 156 valence electrons. The number of benzene rings is 1. The number of piperidine rings is 1. The molecule has 0 bridgehead atoms. The van der Waals surface area contributed by atoms with Crippen LogP contribution in [-0.2, 0) is 14.8 Å². The highest BCUT2D eigenvalue weighted by Gasteiger charge is 2.25. The van der Waals surface area contributed by atoms with Gasteiger partial charge in [-0.05, 0) is 44.0 Å². The molecule has 4 rings (SSSR count). The molecule has 1 atom stereocenters. The van der Waals surface area contributed by atoms with Crippen LogP contribution in [0.15, 0.2) is 60.4 Å². The molecule has 0 aliphatic carbocycles. The fraction of sp³-hybridized carbons (Fsp3) is 0.286. The molecule has 1 saturated heterocycles.